The van der Waals surface area contributed by atoms with Gasteiger partial charge < -0.3 is 0 Å². The number of carbonyl (C=O) groups is 1. The lowest BCUT2D eigenvalue weighted by Crippen LogP contribution is -2.43. The number of rotatable bonds is 3. The maximum atomic E-state index is 12.5. The Morgan fingerprint density at radius 3 is 2.55 bits per heavy atom. The topological polar surface area (TPSA) is 78.2 Å². The smallest absolute Gasteiger partial charge is 0.243 e. The number of piperidine rings is 1. The molecule has 0 N–H and O–H groups in total. The third kappa shape index (κ3) is 2.74. The molecule has 5 nitrogen and oxygen atoms in total. The Labute approximate surface area is 118 Å². The summed E-state index contributed by atoms with van der Waals surface area (Å²) in [6.45, 7) is 2.37. The number of benzene rings is 1. The van der Waals surface area contributed by atoms with Crippen LogP contribution in [0.5, 0.6) is 0 Å². The molecule has 1 unspecified atom stereocenters. The number of sulfonamides is 1. The van der Waals surface area contributed by atoms with Crippen LogP contribution in [0.4, 0.5) is 0 Å². The minimum absolute atomic E-state index is 0.138. The molecule has 0 spiro atoms. The lowest BCUT2D eigenvalue weighted by atomic mass is 9.96. The van der Waals surface area contributed by atoms with Crippen molar-refractivity contribution in [3.63, 3.8) is 0 Å². The maximum Gasteiger partial charge on any atom is 0.243 e. The average molecular weight is 292 g/mol. The van der Waals surface area contributed by atoms with Crippen LogP contribution in [0.2, 0.25) is 0 Å². The summed E-state index contributed by atoms with van der Waals surface area (Å²) in [5, 5.41) is 8.73. The number of hydrogen-bond donors (Lipinski definition) is 0. The fraction of sp³-hybridized carbons (Fsp3) is 0.429. The fourth-order valence-electron chi connectivity index (χ4n) is 2.30. The van der Waals surface area contributed by atoms with Gasteiger partial charge in [0, 0.05) is 25.4 Å². The van der Waals surface area contributed by atoms with Crippen molar-refractivity contribution in [3.8, 4) is 6.07 Å². The molecule has 20 heavy (non-hydrogen) atoms. The van der Waals surface area contributed by atoms with E-state index in [1.54, 1.807) is 0 Å². The molecule has 1 aromatic carbocycles. The number of nitriles is 1. The summed E-state index contributed by atoms with van der Waals surface area (Å²) in [7, 11) is -3.58. The fourth-order valence-corrected chi connectivity index (χ4v) is 3.79. The first kappa shape index (κ1) is 14.7. The number of ketones is 1. The van der Waals surface area contributed by atoms with Gasteiger partial charge in [0.2, 0.25) is 10.0 Å². The van der Waals surface area contributed by atoms with Crippen molar-refractivity contribution in [3.05, 3.63) is 29.8 Å². The molecule has 6 heteroatoms. The Hall–Kier alpha value is -1.71. The van der Waals surface area contributed by atoms with Gasteiger partial charge in [0.15, 0.2) is 0 Å². The number of nitrogens with zero attached hydrogens (tertiary/aromatic N) is 2. The Morgan fingerprint density at radius 1 is 1.35 bits per heavy atom. The molecule has 0 saturated carbocycles. The monoisotopic (exact) mass is 292 g/mol. The highest BCUT2D eigenvalue weighted by atomic mass is 32.2. The Morgan fingerprint density at radius 2 is 2.00 bits per heavy atom. The Bertz CT molecular complexity index is 644. The highest BCUT2D eigenvalue weighted by Crippen LogP contribution is 2.23. The predicted molar refractivity (Wildman–Crippen MR) is 73.3 cm³/mol. The lowest BCUT2D eigenvalue weighted by Gasteiger charge is -2.30. The van der Waals surface area contributed by atoms with Crippen LogP contribution in [0.25, 0.3) is 0 Å². The molecule has 2 rings (SSSR count). The van der Waals surface area contributed by atoms with Crippen molar-refractivity contribution < 1.29 is 13.2 Å². The zero-order valence-electron chi connectivity index (χ0n) is 11.2. The van der Waals surface area contributed by atoms with Crippen molar-refractivity contribution in [1.82, 2.24) is 4.31 Å². The van der Waals surface area contributed by atoms with E-state index in [4.69, 9.17) is 5.26 Å². The summed E-state index contributed by atoms with van der Waals surface area (Å²) >= 11 is 0. The van der Waals surface area contributed by atoms with E-state index >= 15 is 0 Å². The molecule has 0 radical (unpaired) electrons. The molecule has 1 aromatic rings. The SMILES string of the molecule is CCC1CN(S(=O)(=O)c2ccc(C#N)cc2)CCC1=O. The van der Waals surface area contributed by atoms with E-state index in [0.717, 1.165) is 0 Å². The third-order valence-electron chi connectivity index (χ3n) is 3.60. The van der Waals surface area contributed by atoms with Crippen LogP contribution in [0.15, 0.2) is 29.2 Å². The Kier molecular flexibility index (Phi) is 4.21. The van der Waals surface area contributed by atoms with Gasteiger partial charge >= 0.3 is 0 Å². The van der Waals surface area contributed by atoms with E-state index in [1.807, 2.05) is 13.0 Å². The quantitative estimate of drug-likeness (QED) is 0.846. The molecule has 1 heterocycles. The molecule has 106 valence electrons. The molecule has 1 aliphatic heterocycles. The molecular weight excluding hydrogens is 276 g/mol. The number of hydrogen-bond acceptors (Lipinski definition) is 4. The molecule has 0 aromatic heterocycles. The summed E-state index contributed by atoms with van der Waals surface area (Å²) < 4.78 is 26.3. The molecule has 0 bridgehead atoms. The summed E-state index contributed by atoms with van der Waals surface area (Å²) in [4.78, 5) is 11.8. The van der Waals surface area contributed by atoms with Crippen LogP contribution in [-0.2, 0) is 14.8 Å². The number of Topliss-reactive ketones (excluding diaryl/α,β-unsaturated/α-hetero) is 1. The van der Waals surface area contributed by atoms with Crippen LogP contribution in [0, 0.1) is 17.2 Å². The normalized spacial score (nSPS) is 20.6. The Balaban J connectivity index is 2.26. The summed E-state index contributed by atoms with van der Waals surface area (Å²) in [5.74, 6) is -0.0734. The molecular formula is C14H16N2O3S. The van der Waals surface area contributed by atoms with Crippen molar-refractivity contribution >= 4 is 15.8 Å². The minimum Gasteiger partial charge on any atom is -0.299 e. The van der Waals surface area contributed by atoms with Crippen LogP contribution in [0.1, 0.15) is 25.3 Å². The predicted octanol–water partition coefficient (Wildman–Crippen LogP) is 1.55. The van der Waals surface area contributed by atoms with Crippen LogP contribution < -0.4 is 0 Å². The second kappa shape index (κ2) is 5.73. The first-order valence-corrected chi connectivity index (χ1v) is 7.96. The largest absolute Gasteiger partial charge is 0.299 e. The van der Waals surface area contributed by atoms with Gasteiger partial charge in [-0.1, -0.05) is 6.92 Å². The van der Waals surface area contributed by atoms with E-state index < -0.39 is 10.0 Å². The van der Waals surface area contributed by atoms with E-state index in [2.05, 4.69) is 0 Å². The molecule has 1 saturated heterocycles. The average Bonchev–Trinajstić information content (AvgIpc) is 2.47. The van der Waals surface area contributed by atoms with Crippen molar-refractivity contribution in [2.45, 2.75) is 24.7 Å². The molecule has 0 amide bonds. The van der Waals surface area contributed by atoms with E-state index in [9.17, 15) is 13.2 Å². The van der Waals surface area contributed by atoms with Crippen LogP contribution in [-0.4, -0.2) is 31.6 Å². The lowest BCUT2D eigenvalue weighted by molar-refractivity contribution is -0.125. The van der Waals surface area contributed by atoms with Gasteiger partial charge in [-0.15, -0.1) is 0 Å². The van der Waals surface area contributed by atoms with Gasteiger partial charge in [-0.2, -0.15) is 9.57 Å². The standard InChI is InChI=1S/C14H16N2O3S/c1-2-12-10-16(8-7-14(12)17)20(18,19)13-5-3-11(9-15)4-6-13/h3-6,12H,2,7-8,10H2,1H3. The third-order valence-corrected chi connectivity index (χ3v) is 5.48. The van der Waals surface area contributed by atoms with Crippen LogP contribution in [0.3, 0.4) is 0 Å². The minimum atomic E-state index is -3.58. The summed E-state index contributed by atoms with van der Waals surface area (Å²) in [5.41, 5.74) is 0.421. The van der Waals surface area contributed by atoms with Gasteiger partial charge in [0.05, 0.1) is 16.5 Å². The zero-order chi connectivity index (χ0) is 14.8. The summed E-state index contributed by atoms with van der Waals surface area (Å²) in [6, 6.07) is 7.80. The first-order valence-electron chi connectivity index (χ1n) is 6.52. The van der Waals surface area contributed by atoms with E-state index in [-0.39, 0.29) is 36.1 Å². The molecule has 1 fully saturated rings. The van der Waals surface area contributed by atoms with Gasteiger partial charge in [0.25, 0.3) is 0 Å². The van der Waals surface area contributed by atoms with Crippen molar-refractivity contribution in [1.29, 1.82) is 5.26 Å². The maximum absolute atomic E-state index is 12.5. The molecule has 0 aliphatic carbocycles. The second-order valence-corrected chi connectivity index (χ2v) is 6.76. The summed E-state index contributed by atoms with van der Waals surface area (Å²) in [6.07, 6.45) is 0.923. The highest BCUT2D eigenvalue weighted by molar-refractivity contribution is 7.89. The van der Waals surface area contributed by atoms with Crippen molar-refractivity contribution in [2.75, 3.05) is 13.1 Å². The van der Waals surface area contributed by atoms with Gasteiger partial charge in [-0.05, 0) is 30.7 Å². The van der Waals surface area contributed by atoms with Crippen molar-refractivity contribution in [2.24, 2.45) is 5.92 Å². The highest BCUT2D eigenvalue weighted by Gasteiger charge is 2.33. The van der Waals surface area contributed by atoms with Gasteiger partial charge in [-0.3, -0.25) is 4.79 Å². The van der Waals surface area contributed by atoms with E-state index in [0.29, 0.717) is 12.0 Å². The van der Waals surface area contributed by atoms with Crippen LogP contribution >= 0.6 is 0 Å². The number of carbonyl (C=O) groups excluding carboxylic acids is 1. The zero-order valence-corrected chi connectivity index (χ0v) is 12.1. The molecule has 1 atom stereocenters. The first-order chi connectivity index (χ1) is 9.48. The molecule has 1 aliphatic rings. The van der Waals surface area contributed by atoms with E-state index in [1.165, 1.54) is 28.6 Å². The van der Waals surface area contributed by atoms with Gasteiger partial charge in [-0.25, -0.2) is 8.42 Å². The van der Waals surface area contributed by atoms with Gasteiger partial charge in [0.1, 0.15) is 5.78 Å². The second-order valence-electron chi connectivity index (χ2n) is 4.82.